The van der Waals surface area contributed by atoms with Crippen LogP contribution < -0.4 is 5.32 Å². The lowest BCUT2D eigenvalue weighted by Gasteiger charge is -2.25. The monoisotopic (exact) mass is 262 g/mol. The molecule has 0 bridgehead atoms. The number of hydrogen-bond donors (Lipinski definition) is 2. The zero-order valence-corrected chi connectivity index (χ0v) is 10.9. The third kappa shape index (κ3) is 3.53. The van der Waals surface area contributed by atoms with Crippen molar-refractivity contribution in [2.24, 2.45) is 11.8 Å². The van der Waals surface area contributed by atoms with Crippen LogP contribution in [-0.4, -0.2) is 22.0 Å². The van der Waals surface area contributed by atoms with Crippen molar-refractivity contribution < 1.29 is 14.7 Å². The highest BCUT2D eigenvalue weighted by Crippen LogP contribution is 2.30. The molecule has 19 heavy (non-hydrogen) atoms. The molecule has 2 atom stereocenters. The predicted octanol–water partition coefficient (Wildman–Crippen LogP) is 2.22. The topological polar surface area (TPSA) is 79.3 Å². The van der Waals surface area contributed by atoms with E-state index in [2.05, 4.69) is 10.3 Å². The van der Waals surface area contributed by atoms with E-state index in [-0.39, 0.29) is 11.8 Å². The lowest BCUT2D eigenvalue weighted by Crippen LogP contribution is -2.31. The lowest BCUT2D eigenvalue weighted by atomic mass is 9.81. The Morgan fingerprint density at radius 1 is 1.37 bits per heavy atom. The molecular formula is C14H18N2O3. The number of aryl methyl sites for hydroxylation is 1. The van der Waals surface area contributed by atoms with Gasteiger partial charge in [0.2, 0.25) is 5.91 Å². The largest absolute Gasteiger partial charge is 0.481 e. The van der Waals surface area contributed by atoms with Crippen molar-refractivity contribution in [1.29, 1.82) is 0 Å². The van der Waals surface area contributed by atoms with Gasteiger partial charge >= 0.3 is 5.97 Å². The molecule has 0 unspecified atom stereocenters. The summed E-state index contributed by atoms with van der Waals surface area (Å²) in [4.78, 5) is 27.2. The molecule has 0 aromatic carbocycles. The highest BCUT2D eigenvalue weighted by Gasteiger charge is 2.31. The number of carboxylic acids is 1. The summed E-state index contributed by atoms with van der Waals surface area (Å²) < 4.78 is 0. The molecule has 5 heteroatoms. The van der Waals surface area contributed by atoms with Crippen molar-refractivity contribution in [3.05, 3.63) is 23.9 Å². The number of amides is 1. The Hall–Kier alpha value is -1.91. The van der Waals surface area contributed by atoms with E-state index in [1.54, 1.807) is 12.3 Å². The zero-order valence-electron chi connectivity index (χ0n) is 10.9. The molecule has 1 aromatic rings. The Balaban J connectivity index is 1.98. The first kappa shape index (κ1) is 13.5. The van der Waals surface area contributed by atoms with Gasteiger partial charge in [0, 0.05) is 12.1 Å². The van der Waals surface area contributed by atoms with E-state index in [0.29, 0.717) is 18.7 Å². The van der Waals surface area contributed by atoms with Gasteiger partial charge in [-0.05, 0) is 43.9 Å². The average Bonchev–Trinajstić information content (AvgIpc) is 2.39. The maximum Gasteiger partial charge on any atom is 0.306 e. The van der Waals surface area contributed by atoms with Gasteiger partial charge in [-0.1, -0.05) is 6.42 Å². The average molecular weight is 262 g/mol. The van der Waals surface area contributed by atoms with Gasteiger partial charge in [-0.3, -0.25) is 9.59 Å². The number of anilines is 1. The summed E-state index contributed by atoms with van der Waals surface area (Å²) in [6, 6.07) is 3.66. The van der Waals surface area contributed by atoms with Crippen LogP contribution in [0.15, 0.2) is 18.3 Å². The summed E-state index contributed by atoms with van der Waals surface area (Å²) in [5.74, 6) is -1.01. The van der Waals surface area contributed by atoms with Crippen molar-refractivity contribution in [2.45, 2.75) is 32.6 Å². The molecule has 0 aliphatic heterocycles. The number of carbonyl (C=O) groups excluding carboxylic acids is 1. The highest BCUT2D eigenvalue weighted by atomic mass is 16.4. The van der Waals surface area contributed by atoms with Gasteiger partial charge in [-0.15, -0.1) is 0 Å². The van der Waals surface area contributed by atoms with Crippen LogP contribution in [0.3, 0.4) is 0 Å². The zero-order chi connectivity index (χ0) is 13.8. The number of pyridine rings is 1. The standard InChI is InChI=1S/C14H18N2O3/c1-9-5-6-15-12(7-9)16-13(17)10-3-2-4-11(8-10)14(18)19/h5-7,10-11H,2-4,8H2,1H3,(H,18,19)(H,15,16,17)/t10-,11-/m0/s1. The van der Waals surface area contributed by atoms with E-state index in [4.69, 9.17) is 5.11 Å². The van der Waals surface area contributed by atoms with E-state index in [1.807, 2.05) is 13.0 Å². The van der Waals surface area contributed by atoms with Crippen molar-refractivity contribution in [3.8, 4) is 0 Å². The van der Waals surface area contributed by atoms with E-state index < -0.39 is 11.9 Å². The first-order chi connectivity index (χ1) is 9.06. The van der Waals surface area contributed by atoms with Gasteiger partial charge in [0.05, 0.1) is 5.92 Å². The number of rotatable bonds is 3. The van der Waals surface area contributed by atoms with Crippen LogP contribution in [-0.2, 0) is 9.59 Å². The van der Waals surface area contributed by atoms with Crippen LogP contribution in [0.25, 0.3) is 0 Å². The minimum absolute atomic E-state index is 0.121. The second-order valence-electron chi connectivity index (χ2n) is 5.11. The molecule has 102 valence electrons. The highest BCUT2D eigenvalue weighted by molar-refractivity contribution is 5.92. The van der Waals surface area contributed by atoms with Crippen LogP contribution in [0.1, 0.15) is 31.2 Å². The molecule has 1 amide bonds. The number of carbonyl (C=O) groups is 2. The molecule has 1 saturated carbocycles. The van der Waals surface area contributed by atoms with E-state index in [1.165, 1.54) is 0 Å². The third-order valence-electron chi connectivity index (χ3n) is 3.56. The molecular weight excluding hydrogens is 244 g/mol. The quantitative estimate of drug-likeness (QED) is 0.875. The van der Waals surface area contributed by atoms with Crippen LogP contribution in [0.2, 0.25) is 0 Å². The van der Waals surface area contributed by atoms with Gasteiger partial charge in [-0.25, -0.2) is 4.98 Å². The summed E-state index contributed by atoms with van der Waals surface area (Å²) >= 11 is 0. The molecule has 5 nitrogen and oxygen atoms in total. The summed E-state index contributed by atoms with van der Waals surface area (Å²) in [6.45, 7) is 1.93. The molecule has 1 aliphatic rings. The Bertz CT molecular complexity index is 487. The van der Waals surface area contributed by atoms with E-state index in [0.717, 1.165) is 18.4 Å². The Morgan fingerprint density at radius 2 is 2.11 bits per heavy atom. The molecule has 1 heterocycles. The predicted molar refractivity (Wildman–Crippen MR) is 70.7 cm³/mol. The SMILES string of the molecule is Cc1ccnc(NC(=O)[C@H]2CCC[C@H](C(=O)O)C2)c1. The van der Waals surface area contributed by atoms with Gasteiger partial charge in [0.1, 0.15) is 5.82 Å². The molecule has 1 aromatic heterocycles. The van der Waals surface area contributed by atoms with E-state index >= 15 is 0 Å². The second-order valence-corrected chi connectivity index (χ2v) is 5.11. The number of aliphatic carboxylic acids is 1. The maximum absolute atomic E-state index is 12.1. The maximum atomic E-state index is 12.1. The first-order valence-corrected chi connectivity index (χ1v) is 6.52. The summed E-state index contributed by atoms with van der Waals surface area (Å²) in [7, 11) is 0. The smallest absolute Gasteiger partial charge is 0.306 e. The van der Waals surface area contributed by atoms with Crippen LogP contribution in [0, 0.1) is 18.8 Å². The molecule has 0 saturated heterocycles. The second kappa shape index (κ2) is 5.82. The molecule has 2 rings (SSSR count). The fraction of sp³-hybridized carbons (Fsp3) is 0.500. The minimum Gasteiger partial charge on any atom is -0.481 e. The number of aromatic nitrogens is 1. The Labute approximate surface area is 112 Å². The molecule has 1 aliphatic carbocycles. The number of nitrogens with one attached hydrogen (secondary N) is 1. The third-order valence-corrected chi connectivity index (χ3v) is 3.56. The van der Waals surface area contributed by atoms with Gasteiger partial charge < -0.3 is 10.4 Å². The Kier molecular flexibility index (Phi) is 4.14. The fourth-order valence-corrected chi connectivity index (χ4v) is 2.49. The molecule has 0 radical (unpaired) electrons. The number of nitrogens with zero attached hydrogens (tertiary/aromatic N) is 1. The normalized spacial score (nSPS) is 22.8. The van der Waals surface area contributed by atoms with Crippen molar-refractivity contribution in [3.63, 3.8) is 0 Å². The number of carboxylic acid groups (broad SMARTS) is 1. The van der Waals surface area contributed by atoms with Crippen molar-refractivity contribution in [1.82, 2.24) is 4.98 Å². The van der Waals surface area contributed by atoms with Gasteiger partial charge in [-0.2, -0.15) is 0 Å². The summed E-state index contributed by atoms with van der Waals surface area (Å²) in [6.07, 6.45) is 4.28. The first-order valence-electron chi connectivity index (χ1n) is 6.52. The summed E-state index contributed by atoms with van der Waals surface area (Å²) in [5, 5.41) is 11.8. The molecule has 0 spiro atoms. The van der Waals surface area contributed by atoms with Crippen LogP contribution >= 0.6 is 0 Å². The van der Waals surface area contributed by atoms with Gasteiger partial charge in [0.25, 0.3) is 0 Å². The van der Waals surface area contributed by atoms with E-state index in [9.17, 15) is 9.59 Å². The fourth-order valence-electron chi connectivity index (χ4n) is 2.49. The summed E-state index contributed by atoms with van der Waals surface area (Å²) in [5.41, 5.74) is 1.03. The Morgan fingerprint density at radius 3 is 2.79 bits per heavy atom. The van der Waals surface area contributed by atoms with Crippen LogP contribution in [0.4, 0.5) is 5.82 Å². The lowest BCUT2D eigenvalue weighted by molar-refractivity contribution is -0.143. The van der Waals surface area contributed by atoms with Crippen molar-refractivity contribution >= 4 is 17.7 Å². The molecule has 1 fully saturated rings. The molecule has 2 N–H and O–H groups in total. The van der Waals surface area contributed by atoms with Gasteiger partial charge in [0.15, 0.2) is 0 Å². The van der Waals surface area contributed by atoms with Crippen LogP contribution in [0.5, 0.6) is 0 Å². The minimum atomic E-state index is -0.800. The number of hydrogen-bond acceptors (Lipinski definition) is 3. The van der Waals surface area contributed by atoms with Crippen molar-refractivity contribution in [2.75, 3.05) is 5.32 Å².